The van der Waals surface area contributed by atoms with E-state index in [9.17, 15) is 0 Å². The van der Waals surface area contributed by atoms with E-state index in [-0.39, 0.29) is 0 Å². The van der Waals surface area contributed by atoms with Crippen LogP contribution in [0.25, 0.3) is 22.4 Å². The third-order valence-corrected chi connectivity index (χ3v) is 8.06. The van der Waals surface area contributed by atoms with Gasteiger partial charge in [-0.2, -0.15) is 0 Å². The predicted molar refractivity (Wildman–Crippen MR) is 130 cm³/mol. The van der Waals surface area contributed by atoms with Gasteiger partial charge in [0, 0.05) is 17.2 Å². The highest BCUT2D eigenvalue weighted by Gasteiger charge is 2.32. The Morgan fingerprint density at radius 2 is 1.45 bits per heavy atom. The van der Waals surface area contributed by atoms with Crippen LogP contribution in [-0.4, -0.2) is 0 Å². The Bertz CT molecular complexity index is 1030. The number of rotatable bonds is 4. The van der Waals surface area contributed by atoms with Crippen molar-refractivity contribution in [3.8, 4) is 22.4 Å². The van der Waals surface area contributed by atoms with Crippen LogP contribution in [0.3, 0.4) is 0 Å². The summed E-state index contributed by atoms with van der Waals surface area (Å²) in [6.45, 7) is 2.18. The van der Waals surface area contributed by atoms with Gasteiger partial charge < -0.3 is 0 Å². The van der Waals surface area contributed by atoms with Gasteiger partial charge in [0.05, 0.1) is 0 Å². The Hall–Kier alpha value is -2.41. The minimum atomic E-state index is 0.778. The summed E-state index contributed by atoms with van der Waals surface area (Å²) in [6.07, 6.45) is 13.9. The van der Waals surface area contributed by atoms with Crippen molar-refractivity contribution < 1.29 is 4.57 Å². The van der Waals surface area contributed by atoms with Gasteiger partial charge in [-0.05, 0) is 72.8 Å². The summed E-state index contributed by atoms with van der Waals surface area (Å²) in [5.41, 5.74) is 8.05. The van der Waals surface area contributed by atoms with Crippen LogP contribution in [0.4, 0.5) is 0 Å². The molecule has 1 heteroatoms. The van der Waals surface area contributed by atoms with Crippen molar-refractivity contribution in [2.75, 3.05) is 0 Å². The lowest BCUT2D eigenvalue weighted by atomic mass is 9.78. The van der Waals surface area contributed by atoms with E-state index in [0.717, 1.165) is 17.8 Å². The highest BCUT2D eigenvalue weighted by molar-refractivity contribution is 5.66. The molecule has 2 aliphatic rings. The van der Waals surface area contributed by atoms with Crippen LogP contribution in [0, 0.1) is 18.8 Å². The molecule has 5 rings (SSSR count). The first kappa shape index (κ1) is 20.5. The molecule has 2 saturated carbocycles. The molecule has 0 amide bonds. The summed E-state index contributed by atoms with van der Waals surface area (Å²) < 4.78 is 2.26. The molecule has 2 aromatic carbocycles. The number of hydrogen-bond donors (Lipinski definition) is 0. The van der Waals surface area contributed by atoms with Crippen LogP contribution in [0.2, 0.25) is 0 Å². The van der Waals surface area contributed by atoms with E-state index in [1.807, 2.05) is 0 Å². The van der Waals surface area contributed by atoms with Crippen molar-refractivity contribution in [1.29, 1.82) is 0 Å². The molecule has 0 aliphatic heterocycles. The van der Waals surface area contributed by atoms with Gasteiger partial charge in [-0.3, -0.25) is 0 Å². The van der Waals surface area contributed by atoms with Crippen LogP contribution in [0.1, 0.15) is 68.4 Å². The average molecular weight is 411 g/mol. The predicted octanol–water partition coefficient (Wildman–Crippen LogP) is 7.62. The van der Waals surface area contributed by atoms with E-state index in [1.54, 1.807) is 5.56 Å². The summed E-state index contributed by atoms with van der Waals surface area (Å²) in [4.78, 5) is 0. The molecule has 160 valence electrons. The molecule has 3 aromatic rings. The summed E-state index contributed by atoms with van der Waals surface area (Å²) in [5.74, 6) is 2.78. The zero-order valence-corrected chi connectivity index (χ0v) is 19.2. The van der Waals surface area contributed by atoms with Crippen molar-refractivity contribution in [3.05, 3.63) is 78.0 Å². The lowest BCUT2D eigenvalue weighted by molar-refractivity contribution is -0.659. The standard InChI is InChI=1S/C30H36N/c1-22-8-6-7-11-29(22)30-19-18-28(21-31(30)2)25-14-12-24(13-15-25)27-17-16-26(20-27)23-9-4-3-5-10-23/h6-8,11-15,18-19,21,23,26-27H,3-5,9-10,16-17,20H2,1-2H3/q+1. The number of hydrogen-bond acceptors (Lipinski definition) is 0. The second-order valence-electron chi connectivity index (χ2n) is 10.0. The molecule has 0 radical (unpaired) electrons. The first-order valence-electron chi connectivity index (χ1n) is 12.3. The molecule has 0 saturated heterocycles. The Morgan fingerprint density at radius 3 is 2.19 bits per heavy atom. The molecule has 1 heterocycles. The van der Waals surface area contributed by atoms with E-state index in [0.29, 0.717) is 0 Å². The van der Waals surface area contributed by atoms with Crippen molar-refractivity contribution in [1.82, 2.24) is 0 Å². The largest absolute Gasteiger partial charge is 0.212 e. The fourth-order valence-corrected chi connectivity index (χ4v) is 6.22. The molecular formula is C30H36N+. The van der Waals surface area contributed by atoms with Crippen LogP contribution in [0.15, 0.2) is 66.9 Å². The molecule has 1 nitrogen and oxygen atoms in total. The summed E-state index contributed by atoms with van der Waals surface area (Å²) in [7, 11) is 2.16. The molecule has 2 aliphatic carbocycles. The number of aryl methyl sites for hydroxylation is 2. The fourth-order valence-electron chi connectivity index (χ4n) is 6.22. The normalized spacial score (nSPS) is 22.0. The van der Waals surface area contributed by atoms with E-state index in [4.69, 9.17) is 0 Å². The monoisotopic (exact) mass is 410 g/mol. The topological polar surface area (TPSA) is 3.88 Å². The minimum absolute atomic E-state index is 0.778. The SMILES string of the molecule is Cc1ccccc1-c1ccc(-c2ccc(C3CCC(C4CCCCC4)C3)cc2)c[n+]1C. The molecule has 0 spiro atoms. The molecule has 0 bridgehead atoms. The Labute approximate surface area is 188 Å². The molecule has 2 fully saturated rings. The Balaban J connectivity index is 1.30. The summed E-state index contributed by atoms with van der Waals surface area (Å²) in [5, 5.41) is 0. The van der Waals surface area contributed by atoms with Crippen molar-refractivity contribution in [3.63, 3.8) is 0 Å². The zero-order chi connectivity index (χ0) is 21.2. The van der Waals surface area contributed by atoms with Gasteiger partial charge in [0.15, 0.2) is 6.20 Å². The average Bonchev–Trinajstić information content (AvgIpc) is 3.31. The smallest absolute Gasteiger partial charge is 0.200 e. The van der Waals surface area contributed by atoms with Crippen molar-refractivity contribution in [2.45, 2.75) is 64.2 Å². The zero-order valence-electron chi connectivity index (χ0n) is 19.2. The maximum Gasteiger partial charge on any atom is 0.212 e. The van der Waals surface area contributed by atoms with Gasteiger partial charge >= 0.3 is 0 Å². The molecule has 2 unspecified atom stereocenters. The second kappa shape index (κ2) is 8.99. The van der Waals surface area contributed by atoms with Crippen LogP contribution >= 0.6 is 0 Å². The first-order chi connectivity index (χ1) is 15.2. The second-order valence-corrected chi connectivity index (χ2v) is 10.0. The quantitative estimate of drug-likeness (QED) is 0.390. The first-order valence-corrected chi connectivity index (χ1v) is 12.3. The van der Waals surface area contributed by atoms with E-state index in [1.165, 1.54) is 79.3 Å². The number of nitrogens with zero attached hydrogens (tertiary/aromatic N) is 1. The van der Waals surface area contributed by atoms with Crippen LogP contribution in [-0.2, 0) is 7.05 Å². The van der Waals surface area contributed by atoms with Gasteiger partial charge in [-0.25, -0.2) is 4.57 Å². The maximum atomic E-state index is 2.40. The van der Waals surface area contributed by atoms with E-state index in [2.05, 4.69) is 85.4 Å². The van der Waals surface area contributed by atoms with Crippen molar-refractivity contribution in [2.24, 2.45) is 18.9 Å². The highest BCUT2D eigenvalue weighted by Crippen LogP contribution is 2.45. The third-order valence-electron chi connectivity index (χ3n) is 8.06. The molecule has 0 N–H and O–H groups in total. The summed E-state index contributed by atoms with van der Waals surface area (Å²) in [6, 6.07) is 22.6. The fraction of sp³-hybridized carbons (Fsp3) is 0.433. The van der Waals surface area contributed by atoms with E-state index >= 15 is 0 Å². The Kier molecular flexibility index (Phi) is 5.94. The lowest BCUT2D eigenvalue weighted by Gasteiger charge is -2.27. The van der Waals surface area contributed by atoms with Gasteiger partial charge in [-0.1, -0.05) is 74.6 Å². The molecule has 1 aromatic heterocycles. The maximum absolute atomic E-state index is 2.40. The van der Waals surface area contributed by atoms with E-state index < -0.39 is 0 Å². The van der Waals surface area contributed by atoms with Gasteiger partial charge in [-0.15, -0.1) is 0 Å². The number of benzene rings is 2. The summed E-state index contributed by atoms with van der Waals surface area (Å²) >= 11 is 0. The number of aromatic nitrogens is 1. The van der Waals surface area contributed by atoms with Crippen LogP contribution in [0.5, 0.6) is 0 Å². The molecule has 31 heavy (non-hydrogen) atoms. The van der Waals surface area contributed by atoms with Gasteiger partial charge in [0.25, 0.3) is 0 Å². The Morgan fingerprint density at radius 1 is 0.710 bits per heavy atom. The third kappa shape index (κ3) is 4.33. The van der Waals surface area contributed by atoms with Gasteiger partial charge in [0.1, 0.15) is 7.05 Å². The number of pyridine rings is 1. The van der Waals surface area contributed by atoms with Gasteiger partial charge in [0.2, 0.25) is 5.69 Å². The minimum Gasteiger partial charge on any atom is -0.200 e. The molecule has 2 atom stereocenters. The van der Waals surface area contributed by atoms with Crippen molar-refractivity contribution >= 4 is 0 Å². The molecular weight excluding hydrogens is 374 g/mol. The van der Waals surface area contributed by atoms with Crippen LogP contribution < -0.4 is 4.57 Å². The highest BCUT2D eigenvalue weighted by atomic mass is 14.9. The lowest BCUT2D eigenvalue weighted by Crippen LogP contribution is -2.30.